The number of alkyl halides is 3. The normalized spacial score (nSPS) is 14.1. The highest BCUT2D eigenvalue weighted by molar-refractivity contribution is 9.10. The van der Waals surface area contributed by atoms with E-state index in [2.05, 4.69) is 45.0 Å². The molecule has 206 valence electrons. The Balaban J connectivity index is 1.73. The second-order valence-electron chi connectivity index (χ2n) is 8.61. The van der Waals surface area contributed by atoms with Crippen LogP contribution in [0.2, 0.25) is 0 Å². The summed E-state index contributed by atoms with van der Waals surface area (Å²) in [5.41, 5.74) is -0.341. The third kappa shape index (κ3) is 8.38. The molecule has 3 rings (SSSR count). The van der Waals surface area contributed by atoms with E-state index in [0.717, 1.165) is 24.3 Å². The summed E-state index contributed by atoms with van der Waals surface area (Å²) in [6.07, 6.45) is -1.70. The fraction of sp³-hybridized carbons (Fsp3) is 0.304. The van der Waals surface area contributed by atoms with Gasteiger partial charge >= 0.3 is 6.36 Å². The number of aromatic nitrogens is 2. The number of benzene rings is 2. The van der Waals surface area contributed by atoms with Gasteiger partial charge in [-0.25, -0.2) is 4.98 Å². The third-order valence-electron chi connectivity index (χ3n) is 5.17. The van der Waals surface area contributed by atoms with Gasteiger partial charge in [-0.05, 0) is 91.5 Å². The first-order valence-corrected chi connectivity index (χ1v) is 14.7. The second-order valence-corrected chi connectivity index (χ2v) is 12.9. The molecule has 9 nitrogen and oxygen atoms in total. The Morgan fingerprint density at radius 3 is 2.26 bits per heavy atom. The SMILES string of the molecule is C[C@@H](Nc1nc(Nc2ccc([S@](C)=NS(=O)(=O)c3ccc(OC(F)(F)F)cc3)cc2)ncc1Br)C(C)(C)O. The van der Waals surface area contributed by atoms with Crippen molar-refractivity contribution in [1.82, 2.24) is 9.97 Å². The van der Waals surface area contributed by atoms with Crippen LogP contribution in [0.1, 0.15) is 20.8 Å². The maximum atomic E-state index is 12.6. The Morgan fingerprint density at radius 2 is 1.71 bits per heavy atom. The zero-order chi connectivity index (χ0) is 28.3. The maximum absolute atomic E-state index is 12.6. The van der Waals surface area contributed by atoms with Gasteiger partial charge in [-0.1, -0.05) is 10.7 Å². The van der Waals surface area contributed by atoms with Crippen LogP contribution in [0.5, 0.6) is 5.75 Å². The Hall–Kier alpha value is -2.75. The van der Waals surface area contributed by atoms with E-state index in [-0.39, 0.29) is 10.9 Å². The van der Waals surface area contributed by atoms with Gasteiger partial charge in [-0.2, -0.15) is 13.4 Å². The molecule has 0 unspecified atom stereocenters. The smallest absolute Gasteiger partial charge is 0.406 e. The molecule has 0 aliphatic rings. The average molecular weight is 637 g/mol. The molecule has 2 aromatic carbocycles. The maximum Gasteiger partial charge on any atom is 0.573 e. The summed E-state index contributed by atoms with van der Waals surface area (Å²) in [5, 5.41) is 16.4. The van der Waals surface area contributed by atoms with E-state index >= 15 is 0 Å². The predicted molar refractivity (Wildman–Crippen MR) is 143 cm³/mol. The zero-order valence-electron chi connectivity index (χ0n) is 20.6. The van der Waals surface area contributed by atoms with Crippen LogP contribution >= 0.6 is 15.9 Å². The highest BCUT2D eigenvalue weighted by Crippen LogP contribution is 2.27. The summed E-state index contributed by atoms with van der Waals surface area (Å²) in [6, 6.07) is 10.4. The van der Waals surface area contributed by atoms with Crippen LogP contribution < -0.4 is 15.4 Å². The third-order valence-corrected chi connectivity index (χ3v) is 9.26. The lowest BCUT2D eigenvalue weighted by molar-refractivity contribution is -0.274. The number of halogens is 4. The lowest BCUT2D eigenvalue weighted by Gasteiger charge is -2.27. The number of nitrogens with zero attached hydrogens (tertiary/aromatic N) is 3. The van der Waals surface area contributed by atoms with Gasteiger partial charge < -0.3 is 20.5 Å². The van der Waals surface area contributed by atoms with Gasteiger partial charge in [0.1, 0.15) is 11.6 Å². The zero-order valence-corrected chi connectivity index (χ0v) is 23.8. The van der Waals surface area contributed by atoms with Crippen molar-refractivity contribution < 1.29 is 31.4 Å². The number of aliphatic hydroxyl groups is 1. The van der Waals surface area contributed by atoms with Crippen molar-refractivity contribution in [3.8, 4) is 5.75 Å². The number of hydrogen-bond acceptors (Lipinski definition) is 8. The number of hydrogen-bond donors (Lipinski definition) is 3. The minimum Gasteiger partial charge on any atom is -0.406 e. The second kappa shape index (κ2) is 11.6. The molecule has 3 N–H and O–H groups in total. The van der Waals surface area contributed by atoms with E-state index < -0.39 is 38.4 Å². The van der Waals surface area contributed by atoms with Crippen LogP contribution in [0.25, 0.3) is 0 Å². The summed E-state index contributed by atoms with van der Waals surface area (Å²) < 4.78 is 70.5. The molecule has 0 aliphatic carbocycles. The molecule has 0 amide bonds. The lowest BCUT2D eigenvalue weighted by Crippen LogP contribution is -2.39. The minimum atomic E-state index is -4.87. The average Bonchev–Trinajstić information content (AvgIpc) is 2.80. The Kier molecular flexibility index (Phi) is 9.06. The van der Waals surface area contributed by atoms with E-state index in [9.17, 15) is 26.7 Å². The highest BCUT2D eigenvalue weighted by Gasteiger charge is 2.31. The number of sulfonamides is 1. The van der Waals surface area contributed by atoms with Gasteiger partial charge in [-0.15, -0.1) is 16.9 Å². The van der Waals surface area contributed by atoms with Gasteiger partial charge in [0, 0.05) is 16.8 Å². The van der Waals surface area contributed by atoms with Crippen molar-refractivity contribution in [2.24, 2.45) is 3.77 Å². The van der Waals surface area contributed by atoms with E-state index in [1.54, 1.807) is 50.6 Å². The standard InChI is InChI=1S/C23H25BrF3N5O4S2/c1-14(22(2,3)33)29-20-19(24)13-28-21(31-20)30-15-5-9-17(10-6-15)37(4)32-38(34,35)18-11-7-16(8-12-18)36-23(25,26)27/h5-14,33H,1-4H3,(H2,28,29,30,31)/t14-,37+/m1/s1. The van der Waals surface area contributed by atoms with Gasteiger partial charge in [0.15, 0.2) is 0 Å². The van der Waals surface area contributed by atoms with Gasteiger partial charge in [0.25, 0.3) is 10.0 Å². The van der Waals surface area contributed by atoms with Gasteiger partial charge in [-0.3, -0.25) is 0 Å². The van der Waals surface area contributed by atoms with E-state index in [1.807, 2.05) is 6.92 Å². The number of ether oxygens (including phenoxy) is 1. The largest absolute Gasteiger partial charge is 0.573 e. The molecule has 0 saturated heterocycles. The molecule has 0 spiro atoms. The van der Waals surface area contributed by atoms with Crippen molar-refractivity contribution in [3.63, 3.8) is 0 Å². The quantitative estimate of drug-likeness (QED) is 0.276. The minimum absolute atomic E-state index is 0.250. The molecule has 1 aromatic heterocycles. The summed E-state index contributed by atoms with van der Waals surface area (Å²) >= 11 is 3.39. The van der Waals surface area contributed by atoms with Gasteiger partial charge in [0.05, 0.1) is 21.0 Å². The number of anilines is 3. The lowest BCUT2D eigenvalue weighted by atomic mass is 10.0. The molecule has 0 radical (unpaired) electrons. The first-order valence-electron chi connectivity index (χ1n) is 10.9. The predicted octanol–water partition coefficient (Wildman–Crippen LogP) is 5.63. The Labute approximate surface area is 229 Å². The van der Waals surface area contributed by atoms with E-state index in [1.165, 1.54) is 0 Å². The van der Waals surface area contributed by atoms with Crippen LogP contribution in [0.4, 0.5) is 30.6 Å². The Morgan fingerprint density at radius 1 is 1.11 bits per heavy atom. The molecular weight excluding hydrogens is 611 g/mol. The van der Waals surface area contributed by atoms with Crippen molar-refractivity contribution in [2.75, 3.05) is 16.9 Å². The van der Waals surface area contributed by atoms with Crippen LogP contribution in [-0.4, -0.2) is 47.8 Å². The molecule has 0 aliphatic heterocycles. The van der Waals surface area contributed by atoms with E-state index in [0.29, 0.717) is 26.8 Å². The van der Waals surface area contributed by atoms with Crippen LogP contribution in [-0.2, 0) is 20.7 Å². The molecule has 2 atom stereocenters. The monoisotopic (exact) mass is 635 g/mol. The molecule has 15 heteroatoms. The van der Waals surface area contributed by atoms with E-state index in [4.69, 9.17) is 0 Å². The first-order chi connectivity index (χ1) is 17.5. The highest BCUT2D eigenvalue weighted by atomic mass is 79.9. The van der Waals surface area contributed by atoms with Crippen LogP contribution in [0.3, 0.4) is 0 Å². The summed E-state index contributed by atoms with van der Waals surface area (Å²) in [7, 11) is -5.20. The number of nitrogens with one attached hydrogen (secondary N) is 2. The Bertz CT molecular complexity index is 1410. The van der Waals surface area contributed by atoms with Crippen LogP contribution in [0.15, 0.2) is 72.8 Å². The van der Waals surface area contributed by atoms with Crippen molar-refractivity contribution >= 4 is 54.1 Å². The molecule has 1 heterocycles. The summed E-state index contributed by atoms with van der Waals surface area (Å²) in [4.78, 5) is 9.03. The summed E-state index contributed by atoms with van der Waals surface area (Å²) in [6.45, 7) is 5.19. The first kappa shape index (κ1) is 29.8. The van der Waals surface area contributed by atoms with Crippen molar-refractivity contribution in [3.05, 3.63) is 59.2 Å². The van der Waals surface area contributed by atoms with Gasteiger partial charge in [0.2, 0.25) is 5.95 Å². The van der Waals surface area contributed by atoms with Crippen molar-refractivity contribution in [1.29, 1.82) is 0 Å². The molecule has 0 bridgehead atoms. The molecule has 3 aromatic rings. The fourth-order valence-corrected chi connectivity index (χ4v) is 6.00. The molecule has 0 fully saturated rings. The fourth-order valence-electron chi connectivity index (χ4n) is 2.82. The van der Waals surface area contributed by atoms with Crippen molar-refractivity contribution in [2.45, 2.75) is 48.6 Å². The number of rotatable bonds is 9. The summed E-state index contributed by atoms with van der Waals surface area (Å²) in [5.74, 6) is 0.261. The molecule has 0 saturated carbocycles. The molecule has 38 heavy (non-hydrogen) atoms. The molecular formula is C23H25BrF3N5O4S2. The van der Waals surface area contributed by atoms with Crippen LogP contribution in [0, 0.1) is 0 Å². The topological polar surface area (TPSA) is 126 Å².